The molecule has 1 amide bonds. The first-order chi connectivity index (χ1) is 12.7. The quantitative estimate of drug-likeness (QED) is 0.532. The van der Waals surface area contributed by atoms with Gasteiger partial charge < -0.3 is 10.1 Å². The van der Waals surface area contributed by atoms with Crippen LogP contribution < -0.4 is 5.32 Å². The van der Waals surface area contributed by atoms with Crippen molar-refractivity contribution in [1.29, 1.82) is 0 Å². The molecule has 27 heavy (non-hydrogen) atoms. The van der Waals surface area contributed by atoms with E-state index in [-0.39, 0.29) is 16.5 Å². The molecule has 0 unspecified atom stereocenters. The molecular weight excluding hydrogens is 376 g/mol. The summed E-state index contributed by atoms with van der Waals surface area (Å²) in [6.45, 7) is 5.46. The first kappa shape index (κ1) is 20.8. The predicted octanol–water partition coefficient (Wildman–Crippen LogP) is 5.32. The molecule has 2 atom stereocenters. The summed E-state index contributed by atoms with van der Waals surface area (Å²) in [6.07, 6.45) is -0.266. The molecule has 0 radical (unpaired) electrons. The highest BCUT2D eigenvalue weighted by Gasteiger charge is 2.23. The van der Waals surface area contributed by atoms with Gasteiger partial charge in [0.2, 0.25) is 0 Å². The minimum atomic E-state index is -1.23. The highest BCUT2D eigenvalue weighted by atomic mass is 35.5. The van der Waals surface area contributed by atoms with Gasteiger partial charge in [0.15, 0.2) is 17.7 Å². The fourth-order valence-electron chi connectivity index (χ4n) is 2.45. The number of hydrogen-bond acceptors (Lipinski definition) is 3. The number of ether oxygens (including phenoxy) is 1. The average Bonchev–Trinajstić information content (AvgIpc) is 2.64. The van der Waals surface area contributed by atoms with E-state index in [0.29, 0.717) is 17.8 Å². The van der Waals surface area contributed by atoms with Crippen LogP contribution in [0.5, 0.6) is 0 Å². The van der Waals surface area contributed by atoms with Crippen LogP contribution in [0.15, 0.2) is 36.4 Å². The van der Waals surface area contributed by atoms with Crippen LogP contribution in [0, 0.1) is 11.6 Å². The smallest absolute Gasteiger partial charge is 0.340 e. The fraction of sp³-hybridized carbons (Fsp3) is 0.300. The van der Waals surface area contributed by atoms with Crippen LogP contribution >= 0.6 is 11.6 Å². The highest BCUT2D eigenvalue weighted by molar-refractivity contribution is 6.33. The van der Waals surface area contributed by atoms with Crippen LogP contribution in [-0.4, -0.2) is 18.0 Å². The molecule has 0 bridgehead atoms. The average molecular weight is 396 g/mol. The van der Waals surface area contributed by atoms with Crippen molar-refractivity contribution in [2.24, 2.45) is 0 Å². The summed E-state index contributed by atoms with van der Waals surface area (Å²) in [7, 11) is 0. The molecule has 1 N–H and O–H groups in total. The summed E-state index contributed by atoms with van der Waals surface area (Å²) in [6, 6.07) is 8.68. The van der Waals surface area contributed by atoms with E-state index >= 15 is 0 Å². The number of benzene rings is 2. The van der Waals surface area contributed by atoms with Crippen LogP contribution in [0.4, 0.5) is 14.5 Å². The molecule has 0 aliphatic rings. The van der Waals surface area contributed by atoms with Crippen LogP contribution in [0.1, 0.15) is 49.0 Å². The van der Waals surface area contributed by atoms with Gasteiger partial charge in [-0.1, -0.05) is 43.6 Å². The van der Waals surface area contributed by atoms with Gasteiger partial charge in [0.25, 0.3) is 5.91 Å². The monoisotopic (exact) mass is 395 g/mol. The van der Waals surface area contributed by atoms with Gasteiger partial charge in [0.05, 0.1) is 10.6 Å². The lowest BCUT2D eigenvalue weighted by atomic mass is 9.97. The summed E-state index contributed by atoms with van der Waals surface area (Å²) < 4.78 is 31.5. The third-order valence-electron chi connectivity index (χ3n) is 4.24. The maximum atomic E-state index is 13.3. The second-order valence-corrected chi connectivity index (χ2v) is 6.59. The van der Waals surface area contributed by atoms with E-state index in [0.717, 1.165) is 12.0 Å². The Morgan fingerprint density at radius 1 is 1.15 bits per heavy atom. The molecular formula is C20H20ClF2NO3. The summed E-state index contributed by atoms with van der Waals surface area (Å²) in [4.78, 5) is 24.5. The minimum absolute atomic E-state index is 0.236. The largest absolute Gasteiger partial charge is 0.449 e. The fourth-order valence-corrected chi connectivity index (χ4v) is 2.68. The number of esters is 1. The van der Waals surface area contributed by atoms with Gasteiger partial charge in [-0.2, -0.15) is 0 Å². The Morgan fingerprint density at radius 3 is 2.44 bits per heavy atom. The molecule has 0 aromatic heterocycles. The molecule has 2 aromatic rings. The normalized spacial score (nSPS) is 13.0. The van der Waals surface area contributed by atoms with E-state index in [4.69, 9.17) is 16.3 Å². The first-order valence-electron chi connectivity index (χ1n) is 8.49. The molecule has 0 heterocycles. The molecule has 2 rings (SSSR count). The number of rotatable bonds is 6. The third kappa shape index (κ3) is 5.04. The van der Waals surface area contributed by atoms with Crippen molar-refractivity contribution in [2.45, 2.75) is 39.2 Å². The predicted molar refractivity (Wildman–Crippen MR) is 100 cm³/mol. The van der Waals surface area contributed by atoms with E-state index in [1.54, 1.807) is 12.1 Å². The van der Waals surface area contributed by atoms with Gasteiger partial charge in [-0.3, -0.25) is 4.79 Å². The summed E-state index contributed by atoms with van der Waals surface area (Å²) in [5.41, 5.74) is 1.25. The molecule has 0 fully saturated rings. The van der Waals surface area contributed by atoms with E-state index in [1.807, 2.05) is 26.0 Å². The van der Waals surface area contributed by atoms with Crippen molar-refractivity contribution in [2.75, 3.05) is 5.32 Å². The van der Waals surface area contributed by atoms with Crippen molar-refractivity contribution in [3.8, 4) is 0 Å². The van der Waals surface area contributed by atoms with Crippen molar-refractivity contribution < 1.29 is 23.1 Å². The number of amides is 1. The number of hydrogen-bond donors (Lipinski definition) is 1. The zero-order valence-corrected chi connectivity index (χ0v) is 15.9. The van der Waals surface area contributed by atoms with Crippen LogP contribution in [0.25, 0.3) is 0 Å². The van der Waals surface area contributed by atoms with E-state index in [1.165, 1.54) is 6.92 Å². The second kappa shape index (κ2) is 8.95. The van der Waals surface area contributed by atoms with Gasteiger partial charge in [-0.05, 0) is 43.0 Å². The van der Waals surface area contributed by atoms with Gasteiger partial charge in [-0.25, -0.2) is 13.6 Å². The zero-order valence-electron chi connectivity index (χ0n) is 15.2. The molecule has 144 valence electrons. The highest BCUT2D eigenvalue weighted by Crippen LogP contribution is 2.27. The Bertz CT molecular complexity index is 857. The van der Waals surface area contributed by atoms with Crippen LogP contribution in [0.3, 0.4) is 0 Å². The maximum Gasteiger partial charge on any atom is 0.340 e. The molecule has 0 spiro atoms. The molecule has 2 aromatic carbocycles. The van der Waals surface area contributed by atoms with Crippen molar-refractivity contribution in [1.82, 2.24) is 0 Å². The Kier molecular flexibility index (Phi) is 6.91. The van der Waals surface area contributed by atoms with Gasteiger partial charge >= 0.3 is 5.97 Å². The van der Waals surface area contributed by atoms with E-state index in [9.17, 15) is 18.4 Å². The van der Waals surface area contributed by atoms with Crippen molar-refractivity contribution >= 4 is 29.2 Å². The minimum Gasteiger partial charge on any atom is -0.449 e. The second-order valence-electron chi connectivity index (χ2n) is 6.18. The Hall–Kier alpha value is -2.47. The number of carbonyl (C=O) groups is 2. The van der Waals surface area contributed by atoms with E-state index < -0.39 is 29.6 Å². The standard InChI is InChI=1S/C20H20ClF2NO3/c1-4-11(2)13-7-5-6-8-18(13)24-19(25)12(3)27-20(26)14-9-16(22)17(23)10-15(14)21/h5-12H,4H2,1-3H3,(H,24,25)/t11-,12-/m0/s1. The molecule has 0 aliphatic heterocycles. The number of carbonyl (C=O) groups excluding carboxylic acids is 2. The summed E-state index contributed by atoms with van der Waals surface area (Å²) >= 11 is 5.75. The van der Waals surface area contributed by atoms with Crippen molar-refractivity contribution in [3.63, 3.8) is 0 Å². The molecule has 0 saturated carbocycles. The summed E-state index contributed by atoms with van der Waals surface area (Å²) in [5.74, 6) is -3.73. The molecule has 7 heteroatoms. The lowest BCUT2D eigenvalue weighted by Gasteiger charge is -2.18. The number of halogens is 3. The Balaban J connectivity index is 2.11. The lowest BCUT2D eigenvalue weighted by molar-refractivity contribution is -0.123. The summed E-state index contributed by atoms with van der Waals surface area (Å²) in [5, 5.41) is 2.44. The third-order valence-corrected chi connectivity index (χ3v) is 4.56. The van der Waals surface area contributed by atoms with Gasteiger partial charge in [-0.15, -0.1) is 0 Å². The van der Waals surface area contributed by atoms with Crippen LogP contribution in [-0.2, 0) is 9.53 Å². The Morgan fingerprint density at radius 2 is 1.78 bits per heavy atom. The van der Waals surface area contributed by atoms with Gasteiger partial charge in [0, 0.05) is 5.69 Å². The molecule has 0 aliphatic carbocycles. The number of anilines is 1. The SMILES string of the molecule is CC[C@H](C)c1ccccc1NC(=O)[C@H](C)OC(=O)c1cc(F)c(F)cc1Cl. The van der Waals surface area contributed by atoms with E-state index in [2.05, 4.69) is 5.32 Å². The topological polar surface area (TPSA) is 55.4 Å². The molecule has 4 nitrogen and oxygen atoms in total. The van der Waals surface area contributed by atoms with Crippen LogP contribution in [0.2, 0.25) is 5.02 Å². The molecule has 0 saturated heterocycles. The van der Waals surface area contributed by atoms with Crippen molar-refractivity contribution in [3.05, 3.63) is 64.2 Å². The first-order valence-corrected chi connectivity index (χ1v) is 8.87. The Labute approximate surface area is 161 Å². The number of nitrogens with one attached hydrogen (secondary N) is 1. The zero-order chi connectivity index (χ0) is 20.1. The lowest BCUT2D eigenvalue weighted by Crippen LogP contribution is -2.30. The number of para-hydroxylation sites is 1. The maximum absolute atomic E-state index is 13.3. The van der Waals surface area contributed by atoms with Gasteiger partial charge in [0.1, 0.15) is 0 Å².